The fourth-order valence-corrected chi connectivity index (χ4v) is 7.02. The summed E-state index contributed by atoms with van der Waals surface area (Å²) in [4.78, 5) is 10.4. The summed E-state index contributed by atoms with van der Waals surface area (Å²) in [6.07, 6.45) is 0. The summed E-state index contributed by atoms with van der Waals surface area (Å²) in [6.45, 7) is 10.5. The Labute approximate surface area is 262 Å². The van der Waals surface area contributed by atoms with Crippen molar-refractivity contribution < 1.29 is 0 Å². The van der Waals surface area contributed by atoms with Crippen LogP contribution in [0.2, 0.25) is 0 Å². The Hall–Kier alpha value is -3.80. The summed E-state index contributed by atoms with van der Waals surface area (Å²) < 4.78 is 0. The van der Waals surface area contributed by atoms with Crippen molar-refractivity contribution in [1.82, 2.24) is 19.6 Å². The standard InChI is InChI=1S/C40H44N4/c1-41-19-23-43(29-39-35-15-7-3-11-31(35)27-32-12-4-8-16-36(32)39)25-21-42(2)22-26-44(24-20-41)30-40-37-17-9-5-13-33(37)28-34-14-6-10-18-38(34)40/h3-18,27-28H,19-26,29-30H2,1-2H3. The van der Waals surface area contributed by atoms with E-state index < -0.39 is 0 Å². The molecule has 224 valence electrons. The van der Waals surface area contributed by atoms with Gasteiger partial charge in [-0.2, -0.15) is 0 Å². The highest BCUT2D eigenvalue weighted by Crippen LogP contribution is 2.31. The Morgan fingerprint density at radius 2 is 0.659 bits per heavy atom. The lowest BCUT2D eigenvalue weighted by Gasteiger charge is -2.33. The first kappa shape index (κ1) is 28.9. The first-order valence-corrected chi connectivity index (χ1v) is 16.2. The van der Waals surface area contributed by atoms with Crippen LogP contribution < -0.4 is 0 Å². The van der Waals surface area contributed by atoms with E-state index >= 15 is 0 Å². The second-order valence-electron chi connectivity index (χ2n) is 12.8. The van der Waals surface area contributed by atoms with E-state index in [-0.39, 0.29) is 0 Å². The summed E-state index contributed by atoms with van der Waals surface area (Å²) >= 11 is 0. The van der Waals surface area contributed by atoms with Crippen LogP contribution in [0.5, 0.6) is 0 Å². The maximum atomic E-state index is 2.68. The third kappa shape index (κ3) is 6.22. The molecule has 4 heteroatoms. The van der Waals surface area contributed by atoms with E-state index in [1.54, 1.807) is 0 Å². The molecule has 1 aliphatic rings. The molecule has 1 heterocycles. The predicted molar refractivity (Wildman–Crippen MR) is 188 cm³/mol. The first-order valence-electron chi connectivity index (χ1n) is 16.2. The molecule has 0 radical (unpaired) electrons. The highest BCUT2D eigenvalue weighted by molar-refractivity contribution is 6.03. The minimum Gasteiger partial charge on any atom is -0.304 e. The molecular formula is C40H44N4. The van der Waals surface area contributed by atoms with Gasteiger partial charge in [-0.25, -0.2) is 0 Å². The van der Waals surface area contributed by atoms with E-state index in [2.05, 4.69) is 143 Å². The number of hydrogen-bond acceptors (Lipinski definition) is 4. The van der Waals surface area contributed by atoms with Crippen LogP contribution in [-0.4, -0.2) is 86.1 Å². The molecule has 7 rings (SSSR count). The van der Waals surface area contributed by atoms with Crippen LogP contribution in [0.3, 0.4) is 0 Å². The lowest BCUT2D eigenvalue weighted by molar-refractivity contribution is 0.149. The van der Waals surface area contributed by atoms with Crippen molar-refractivity contribution in [2.45, 2.75) is 13.1 Å². The number of hydrogen-bond donors (Lipinski definition) is 0. The molecule has 1 fully saturated rings. The Bertz CT molecular complexity index is 1630. The van der Waals surface area contributed by atoms with Gasteiger partial charge in [-0.3, -0.25) is 9.80 Å². The normalized spacial score (nSPS) is 17.3. The van der Waals surface area contributed by atoms with Crippen molar-refractivity contribution in [3.05, 3.63) is 120 Å². The third-order valence-electron chi connectivity index (χ3n) is 9.72. The highest BCUT2D eigenvalue weighted by Gasteiger charge is 2.18. The average Bonchev–Trinajstić information content (AvgIpc) is 3.06. The Balaban J connectivity index is 1.11. The largest absolute Gasteiger partial charge is 0.304 e. The van der Waals surface area contributed by atoms with Gasteiger partial charge in [0.05, 0.1) is 0 Å². The van der Waals surface area contributed by atoms with Crippen molar-refractivity contribution in [2.75, 3.05) is 66.5 Å². The summed E-state index contributed by atoms with van der Waals surface area (Å²) in [5, 5.41) is 10.9. The van der Waals surface area contributed by atoms with Crippen LogP contribution in [0.25, 0.3) is 43.1 Å². The van der Waals surface area contributed by atoms with E-state index in [9.17, 15) is 0 Å². The molecule has 1 saturated heterocycles. The molecule has 0 atom stereocenters. The molecule has 0 N–H and O–H groups in total. The van der Waals surface area contributed by atoms with Gasteiger partial charge in [0.1, 0.15) is 0 Å². The monoisotopic (exact) mass is 580 g/mol. The fourth-order valence-electron chi connectivity index (χ4n) is 7.02. The average molecular weight is 581 g/mol. The fraction of sp³-hybridized carbons (Fsp3) is 0.300. The quantitative estimate of drug-likeness (QED) is 0.200. The minimum absolute atomic E-state index is 0.976. The summed E-state index contributed by atoms with van der Waals surface area (Å²) in [5.41, 5.74) is 2.93. The SMILES string of the molecule is CN1CCN(Cc2c3ccccc3cc3ccccc23)CCN(C)CCN(Cc2c3ccccc3cc3ccccc23)CC1. The highest BCUT2D eigenvalue weighted by atomic mass is 15.2. The van der Waals surface area contributed by atoms with Crippen LogP contribution in [0.1, 0.15) is 11.1 Å². The number of fused-ring (bicyclic) bond motifs is 4. The van der Waals surface area contributed by atoms with E-state index in [1.165, 1.54) is 54.2 Å². The smallest absolute Gasteiger partial charge is 0.0247 e. The minimum atomic E-state index is 0.976. The van der Waals surface area contributed by atoms with E-state index in [1.807, 2.05) is 0 Å². The molecule has 44 heavy (non-hydrogen) atoms. The lowest BCUT2D eigenvalue weighted by atomic mass is 9.96. The van der Waals surface area contributed by atoms with Crippen LogP contribution in [-0.2, 0) is 13.1 Å². The van der Waals surface area contributed by atoms with Gasteiger partial charge in [-0.15, -0.1) is 0 Å². The topological polar surface area (TPSA) is 13.0 Å². The van der Waals surface area contributed by atoms with Gasteiger partial charge in [-0.05, 0) is 80.4 Å². The molecule has 0 spiro atoms. The van der Waals surface area contributed by atoms with E-state index in [4.69, 9.17) is 0 Å². The summed E-state index contributed by atoms with van der Waals surface area (Å²) in [6, 6.07) is 40.3. The summed E-state index contributed by atoms with van der Waals surface area (Å²) in [5.74, 6) is 0. The molecule has 0 amide bonds. The molecule has 0 aliphatic carbocycles. The number of benzene rings is 6. The van der Waals surface area contributed by atoms with Gasteiger partial charge >= 0.3 is 0 Å². The zero-order valence-corrected chi connectivity index (χ0v) is 26.3. The second-order valence-corrected chi connectivity index (χ2v) is 12.8. The van der Waals surface area contributed by atoms with Crippen molar-refractivity contribution in [1.29, 1.82) is 0 Å². The molecule has 6 aromatic carbocycles. The molecule has 1 aliphatic heterocycles. The number of rotatable bonds is 4. The second kappa shape index (κ2) is 13.1. The van der Waals surface area contributed by atoms with Gasteiger partial charge < -0.3 is 9.80 Å². The van der Waals surface area contributed by atoms with Crippen LogP contribution in [0, 0.1) is 0 Å². The van der Waals surface area contributed by atoms with Crippen LogP contribution >= 0.6 is 0 Å². The molecule has 4 nitrogen and oxygen atoms in total. The maximum absolute atomic E-state index is 2.68. The van der Waals surface area contributed by atoms with Crippen molar-refractivity contribution >= 4 is 43.1 Å². The van der Waals surface area contributed by atoms with Crippen LogP contribution in [0.15, 0.2) is 109 Å². The molecule has 6 aromatic rings. The van der Waals surface area contributed by atoms with Gasteiger partial charge in [0.25, 0.3) is 0 Å². The summed E-state index contributed by atoms with van der Waals surface area (Å²) in [7, 11) is 4.60. The van der Waals surface area contributed by atoms with Crippen molar-refractivity contribution in [3.63, 3.8) is 0 Å². The number of nitrogens with zero attached hydrogens (tertiary/aromatic N) is 4. The lowest BCUT2D eigenvalue weighted by Crippen LogP contribution is -2.43. The van der Waals surface area contributed by atoms with Gasteiger partial charge in [0, 0.05) is 65.4 Å². The zero-order valence-electron chi connectivity index (χ0n) is 26.3. The predicted octanol–water partition coefficient (Wildman–Crippen LogP) is 7.48. The van der Waals surface area contributed by atoms with Gasteiger partial charge in [-0.1, -0.05) is 97.1 Å². The first-order chi connectivity index (χ1) is 21.6. The Morgan fingerprint density at radius 3 is 0.955 bits per heavy atom. The molecule has 0 saturated carbocycles. The molecule has 0 aromatic heterocycles. The maximum Gasteiger partial charge on any atom is 0.0247 e. The van der Waals surface area contributed by atoms with Gasteiger partial charge in [0.2, 0.25) is 0 Å². The zero-order chi connectivity index (χ0) is 29.9. The Kier molecular flexibility index (Phi) is 8.59. The van der Waals surface area contributed by atoms with Crippen molar-refractivity contribution in [3.8, 4) is 0 Å². The number of likely N-dealkylation sites (N-methyl/N-ethyl adjacent to an activating group) is 2. The molecule has 0 bridgehead atoms. The molecule has 0 unspecified atom stereocenters. The Morgan fingerprint density at radius 1 is 0.386 bits per heavy atom. The molecular weight excluding hydrogens is 536 g/mol. The van der Waals surface area contributed by atoms with E-state index in [0.29, 0.717) is 0 Å². The van der Waals surface area contributed by atoms with Gasteiger partial charge in [0.15, 0.2) is 0 Å². The van der Waals surface area contributed by atoms with E-state index in [0.717, 1.165) is 65.4 Å². The van der Waals surface area contributed by atoms with Crippen LogP contribution in [0.4, 0.5) is 0 Å². The third-order valence-corrected chi connectivity index (χ3v) is 9.72. The van der Waals surface area contributed by atoms with Crippen molar-refractivity contribution in [2.24, 2.45) is 0 Å².